The van der Waals surface area contributed by atoms with Gasteiger partial charge in [0.25, 0.3) is 0 Å². The Balaban J connectivity index is 5.16. The van der Waals surface area contributed by atoms with Gasteiger partial charge >= 0.3 is 39.5 Å². The first kappa shape index (κ1) is 91.5. The van der Waals surface area contributed by atoms with Gasteiger partial charge in [0.05, 0.1) is 26.4 Å². The lowest BCUT2D eigenvalue weighted by molar-refractivity contribution is -0.161. The molecule has 0 fully saturated rings. The molecule has 0 rings (SSSR count). The molecule has 0 aliphatic carbocycles. The van der Waals surface area contributed by atoms with Crippen molar-refractivity contribution in [3.8, 4) is 0 Å². The van der Waals surface area contributed by atoms with E-state index in [0.717, 1.165) is 127 Å². The van der Waals surface area contributed by atoms with Crippen LogP contribution in [0.15, 0.2) is 24.3 Å². The standard InChI is InChI=1S/C75H142O17P2/c1-7-9-11-13-14-15-16-17-22-26-29-35-40-46-52-58-73(78)86-64-71(92-75(80)59-53-47-41-36-30-27-24-21-19-18-20-23-25-28-33-38-44-49-55-67(3)4)66-90-94(83,84)88-62-69(76)61-87-93(81,82)89-65-70(63-85-72(77)57-51-43-12-10-8-2)91-74(79)60-54-48-42-37-32-31-34-39-45-50-56-68(5)6/h15-17,22,67-71,76H,7-14,18-21,23-66H2,1-6H3,(H,81,82)(H,83,84)/b16-15-,22-17-/t69-,70+,71+/m0/s1. The van der Waals surface area contributed by atoms with Crippen LogP contribution in [0.4, 0.5) is 0 Å². The van der Waals surface area contributed by atoms with Crippen LogP contribution in [0.2, 0.25) is 0 Å². The fourth-order valence-electron chi connectivity index (χ4n) is 10.9. The first-order valence-electron chi connectivity index (χ1n) is 38.3. The fraction of sp³-hybridized carbons (Fsp3) is 0.893. The molecule has 0 saturated heterocycles. The van der Waals surface area contributed by atoms with E-state index in [1.165, 1.54) is 154 Å². The first-order valence-corrected chi connectivity index (χ1v) is 41.3. The molecule has 19 heteroatoms. The number of carbonyl (C=O) groups is 4. The monoisotopic (exact) mass is 1380 g/mol. The lowest BCUT2D eigenvalue weighted by atomic mass is 10.0. The third-order valence-electron chi connectivity index (χ3n) is 16.8. The van der Waals surface area contributed by atoms with Crippen molar-refractivity contribution in [2.45, 2.75) is 381 Å². The lowest BCUT2D eigenvalue weighted by Gasteiger charge is -2.21. The zero-order chi connectivity index (χ0) is 69.3. The van der Waals surface area contributed by atoms with Gasteiger partial charge in [0, 0.05) is 25.7 Å². The second kappa shape index (κ2) is 66.4. The second-order valence-corrected chi connectivity index (χ2v) is 30.2. The molecular formula is C75H142O17P2. The average molecular weight is 1380 g/mol. The Morgan fingerprint density at radius 3 is 0.872 bits per heavy atom. The summed E-state index contributed by atoms with van der Waals surface area (Å²) in [7, 11) is -9.91. The molecule has 0 bridgehead atoms. The predicted octanol–water partition coefficient (Wildman–Crippen LogP) is 21.5. The second-order valence-electron chi connectivity index (χ2n) is 27.3. The van der Waals surface area contributed by atoms with Crippen LogP contribution in [-0.2, 0) is 65.4 Å². The summed E-state index contributed by atoms with van der Waals surface area (Å²) in [6.07, 6.45) is 56.8. The lowest BCUT2D eigenvalue weighted by Crippen LogP contribution is -2.30. The van der Waals surface area contributed by atoms with Gasteiger partial charge in [-0.2, -0.15) is 0 Å². The van der Waals surface area contributed by atoms with E-state index in [-0.39, 0.29) is 25.7 Å². The van der Waals surface area contributed by atoms with Gasteiger partial charge in [0.1, 0.15) is 19.3 Å². The van der Waals surface area contributed by atoms with Gasteiger partial charge in [-0.25, -0.2) is 9.13 Å². The summed E-state index contributed by atoms with van der Waals surface area (Å²) in [5, 5.41) is 10.6. The number of phosphoric acid groups is 2. The van der Waals surface area contributed by atoms with Crippen LogP contribution >= 0.6 is 15.6 Å². The molecule has 0 amide bonds. The Morgan fingerprint density at radius 2 is 0.574 bits per heavy atom. The van der Waals surface area contributed by atoms with Crippen molar-refractivity contribution in [2.75, 3.05) is 39.6 Å². The molecule has 554 valence electrons. The number of unbranched alkanes of at least 4 members (excludes halogenated alkanes) is 39. The van der Waals surface area contributed by atoms with Crippen LogP contribution in [0.25, 0.3) is 0 Å². The van der Waals surface area contributed by atoms with Gasteiger partial charge in [-0.15, -0.1) is 0 Å². The molecule has 17 nitrogen and oxygen atoms in total. The molecule has 0 spiro atoms. The number of hydrogen-bond donors (Lipinski definition) is 3. The Labute approximate surface area is 573 Å². The molecule has 0 radical (unpaired) electrons. The highest BCUT2D eigenvalue weighted by atomic mass is 31.2. The highest BCUT2D eigenvalue weighted by Crippen LogP contribution is 2.45. The van der Waals surface area contributed by atoms with E-state index in [4.69, 9.17) is 37.0 Å². The zero-order valence-electron chi connectivity index (χ0n) is 60.7. The van der Waals surface area contributed by atoms with Crippen LogP contribution in [0.5, 0.6) is 0 Å². The van der Waals surface area contributed by atoms with Crippen LogP contribution in [-0.4, -0.2) is 96.7 Å². The number of ether oxygens (including phenoxy) is 4. The van der Waals surface area contributed by atoms with E-state index in [1.54, 1.807) is 0 Å². The van der Waals surface area contributed by atoms with E-state index in [2.05, 4.69) is 65.8 Å². The molecular weight excluding hydrogens is 1230 g/mol. The van der Waals surface area contributed by atoms with E-state index in [1.807, 2.05) is 0 Å². The summed E-state index contributed by atoms with van der Waals surface area (Å²) < 4.78 is 68.2. The third-order valence-corrected chi connectivity index (χ3v) is 18.7. The number of esters is 4. The quantitative estimate of drug-likeness (QED) is 0.0169. The van der Waals surface area contributed by atoms with Crippen molar-refractivity contribution in [2.24, 2.45) is 11.8 Å². The highest BCUT2D eigenvalue weighted by Gasteiger charge is 2.30. The summed E-state index contributed by atoms with van der Waals surface area (Å²) in [5.74, 6) is -0.590. The number of aliphatic hydroxyl groups is 1. The van der Waals surface area contributed by atoms with Crippen LogP contribution < -0.4 is 0 Å². The van der Waals surface area contributed by atoms with E-state index in [0.29, 0.717) is 25.7 Å². The number of aliphatic hydroxyl groups excluding tert-OH is 1. The minimum absolute atomic E-state index is 0.101. The molecule has 3 N–H and O–H groups in total. The Hall–Kier alpha value is -2.46. The summed E-state index contributed by atoms with van der Waals surface area (Å²) >= 11 is 0. The van der Waals surface area contributed by atoms with Crippen molar-refractivity contribution in [1.29, 1.82) is 0 Å². The van der Waals surface area contributed by atoms with Gasteiger partial charge in [-0.05, 0) is 63.2 Å². The van der Waals surface area contributed by atoms with Crippen LogP contribution in [0.3, 0.4) is 0 Å². The normalized spacial score (nSPS) is 14.2. The SMILES string of the molecule is CCCCCC/C=C\C=C/CCCCCCCC(=O)OC[C@H](COP(=O)(O)OC[C@@H](O)COP(=O)(O)OC[C@@H](COC(=O)CCCCCCC)OC(=O)CCCCCCCCCCCCC(C)C)OC(=O)CCCCCCCCCCCCCCCCCCCCC(C)C. The first-order chi connectivity index (χ1) is 45.4. The van der Waals surface area contributed by atoms with E-state index >= 15 is 0 Å². The van der Waals surface area contributed by atoms with Gasteiger partial charge in [0.15, 0.2) is 12.2 Å². The van der Waals surface area contributed by atoms with Gasteiger partial charge in [0.2, 0.25) is 0 Å². The number of phosphoric ester groups is 2. The Kier molecular flexibility index (Phi) is 64.7. The molecule has 0 heterocycles. The number of rotatable bonds is 72. The molecule has 5 atom stereocenters. The van der Waals surface area contributed by atoms with Crippen molar-refractivity contribution in [1.82, 2.24) is 0 Å². The zero-order valence-corrected chi connectivity index (χ0v) is 62.5. The average Bonchev–Trinajstić information content (AvgIpc) is 1.71. The summed E-state index contributed by atoms with van der Waals surface area (Å²) in [4.78, 5) is 72.4. The number of allylic oxidation sites excluding steroid dienone is 4. The van der Waals surface area contributed by atoms with E-state index in [9.17, 15) is 43.2 Å². The van der Waals surface area contributed by atoms with Gasteiger partial charge in [-0.3, -0.25) is 37.3 Å². The highest BCUT2D eigenvalue weighted by molar-refractivity contribution is 7.47. The summed E-state index contributed by atoms with van der Waals surface area (Å²) in [6.45, 7) is 9.45. The minimum Gasteiger partial charge on any atom is -0.462 e. The van der Waals surface area contributed by atoms with Crippen molar-refractivity contribution in [3.63, 3.8) is 0 Å². The largest absolute Gasteiger partial charge is 0.472 e. The number of carbonyl (C=O) groups excluding carboxylic acids is 4. The molecule has 0 saturated carbocycles. The summed E-state index contributed by atoms with van der Waals surface area (Å²) in [5.41, 5.74) is 0. The van der Waals surface area contributed by atoms with Gasteiger partial charge < -0.3 is 33.8 Å². The van der Waals surface area contributed by atoms with E-state index < -0.39 is 97.5 Å². The van der Waals surface area contributed by atoms with Crippen molar-refractivity contribution in [3.05, 3.63) is 24.3 Å². The smallest absolute Gasteiger partial charge is 0.462 e. The maximum Gasteiger partial charge on any atom is 0.472 e. The molecule has 0 aromatic carbocycles. The summed E-state index contributed by atoms with van der Waals surface area (Å²) in [6, 6.07) is 0. The Bertz CT molecular complexity index is 1910. The van der Waals surface area contributed by atoms with Crippen LogP contribution in [0.1, 0.15) is 363 Å². The fourth-order valence-corrected chi connectivity index (χ4v) is 12.5. The molecule has 94 heavy (non-hydrogen) atoms. The van der Waals surface area contributed by atoms with Gasteiger partial charge in [-0.1, -0.05) is 310 Å². The number of hydrogen-bond acceptors (Lipinski definition) is 15. The topological polar surface area (TPSA) is 237 Å². The molecule has 0 aromatic heterocycles. The minimum atomic E-state index is -4.96. The molecule has 2 unspecified atom stereocenters. The third kappa shape index (κ3) is 68.1. The molecule has 0 aliphatic rings. The predicted molar refractivity (Wildman–Crippen MR) is 381 cm³/mol. The van der Waals surface area contributed by atoms with Crippen molar-refractivity contribution < 1.29 is 80.2 Å². The molecule has 0 aliphatic heterocycles. The maximum absolute atomic E-state index is 13.1. The maximum atomic E-state index is 13.1. The van der Waals surface area contributed by atoms with Crippen molar-refractivity contribution >= 4 is 39.5 Å². The van der Waals surface area contributed by atoms with Crippen LogP contribution in [0, 0.1) is 11.8 Å². The molecule has 0 aromatic rings. The Morgan fingerprint density at radius 1 is 0.330 bits per heavy atom.